The number of alkyl carbamates (subject to hydrolysis) is 1. The zero-order valence-corrected chi connectivity index (χ0v) is 23.3. The van der Waals surface area contributed by atoms with E-state index in [-0.39, 0.29) is 60.2 Å². The second-order valence-electron chi connectivity index (χ2n) is 11.2. The highest BCUT2D eigenvalue weighted by Crippen LogP contribution is 2.42. The topological polar surface area (TPSA) is 137 Å². The molecule has 1 aromatic carbocycles. The van der Waals surface area contributed by atoms with Crippen LogP contribution in [-0.2, 0) is 22.4 Å². The molecule has 5 rings (SSSR count). The molecule has 0 saturated heterocycles. The molecule has 0 saturated carbocycles. The minimum Gasteiger partial charge on any atom is -0.486 e. The lowest BCUT2D eigenvalue weighted by Gasteiger charge is -2.37. The van der Waals surface area contributed by atoms with Crippen LogP contribution in [0.2, 0.25) is 0 Å². The van der Waals surface area contributed by atoms with E-state index in [1.54, 1.807) is 20.8 Å². The van der Waals surface area contributed by atoms with E-state index < -0.39 is 48.2 Å². The fraction of sp³-hybridized carbons (Fsp3) is 0.481. The number of carbonyl (C=O) groups is 2. The number of ether oxygens (including phenoxy) is 4. The van der Waals surface area contributed by atoms with Gasteiger partial charge in [0.1, 0.15) is 35.4 Å². The van der Waals surface area contributed by atoms with Crippen LogP contribution >= 0.6 is 0 Å². The second-order valence-corrected chi connectivity index (χ2v) is 11.2. The summed E-state index contributed by atoms with van der Waals surface area (Å²) in [6, 6.07) is 0.983. The van der Waals surface area contributed by atoms with Crippen LogP contribution in [0.25, 0.3) is 5.65 Å². The van der Waals surface area contributed by atoms with Gasteiger partial charge in [-0.05, 0) is 32.9 Å². The number of alkyl halides is 2. The van der Waals surface area contributed by atoms with Crippen molar-refractivity contribution in [2.24, 2.45) is 0 Å². The lowest BCUT2D eigenvalue weighted by Crippen LogP contribution is -2.50. The normalized spacial score (nSPS) is 19.7. The first kappa shape index (κ1) is 29.2. The van der Waals surface area contributed by atoms with E-state index in [4.69, 9.17) is 18.9 Å². The molecule has 0 radical (unpaired) electrons. The predicted octanol–water partition coefficient (Wildman–Crippen LogP) is 3.44. The van der Waals surface area contributed by atoms with Gasteiger partial charge in [-0.2, -0.15) is 5.10 Å². The summed E-state index contributed by atoms with van der Waals surface area (Å²) in [5, 5.41) is 16.1. The van der Waals surface area contributed by atoms with Crippen LogP contribution in [0, 0.1) is 5.82 Å². The average Bonchev–Trinajstić information content (AvgIpc) is 3.47. The summed E-state index contributed by atoms with van der Waals surface area (Å²) in [7, 11) is 1.45. The van der Waals surface area contributed by atoms with Gasteiger partial charge in [-0.25, -0.2) is 32.3 Å². The number of fused-ring (bicyclic) bond motifs is 3. The van der Waals surface area contributed by atoms with Crippen molar-refractivity contribution in [3.05, 3.63) is 47.0 Å². The van der Waals surface area contributed by atoms with Gasteiger partial charge in [0.15, 0.2) is 22.8 Å². The van der Waals surface area contributed by atoms with Crippen LogP contribution < -0.4 is 19.7 Å². The van der Waals surface area contributed by atoms with E-state index >= 15 is 0 Å². The van der Waals surface area contributed by atoms with Crippen molar-refractivity contribution in [3.8, 4) is 11.5 Å². The Balaban J connectivity index is 1.49. The summed E-state index contributed by atoms with van der Waals surface area (Å²) in [6.07, 6.45) is -0.943. The second kappa shape index (κ2) is 10.9. The number of hydrogen-bond donors (Lipinski definition) is 2. The Hall–Kier alpha value is -4.27. The van der Waals surface area contributed by atoms with E-state index in [1.165, 1.54) is 34.9 Å². The minimum absolute atomic E-state index is 0.0251. The lowest BCUT2D eigenvalue weighted by atomic mass is 9.96. The molecule has 2 aliphatic rings. The SMILES string of the molecule is COCC1(CNC(=O)OC(C)(C)C)Cc2cc(F)cc(CN3c4nc5c(C(=O)O)cnn5cc4OC[C@H]3C(F)F)c2O1. The standard InChI is InChI=1S/C27H30F3N5O7/c1-26(2,3)42-25(38)31-12-27(13-39-4)7-14-5-16(28)6-15(20(14)41-27)9-34-18(21(29)30)11-40-19-10-35-22(33-23(19)34)17(8-32-35)24(36)37/h5-6,8,10,18,21H,7,9,11-13H2,1-4H3,(H,31,38)(H,36,37)/t18-,27?/m0/s1. The number of halogens is 3. The predicted molar refractivity (Wildman–Crippen MR) is 141 cm³/mol. The number of aromatic carboxylic acids is 1. The number of carboxylic acids is 1. The average molecular weight is 594 g/mol. The number of amides is 1. The molecule has 12 nitrogen and oxygen atoms in total. The number of carbonyl (C=O) groups excluding carboxylic acids is 1. The summed E-state index contributed by atoms with van der Waals surface area (Å²) >= 11 is 0. The van der Waals surface area contributed by atoms with Crippen molar-refractivity contribution in [3.63, 3.8) is 0 Å². The molecule has 1 unspecified atom stereocenters. The zero-order valence-electron chi connectivity index (χ0n) is 23.3. The van der Waals surface area contributed by atoms with Crippen LogP contribution in [0.3, 0.4) is 0 Å². The maximum absolute atomic E-state index is 14.9. The van der Waals surface area contributed by atoms with Crippen LogP contribution in [0.15, 0.2) is 24.5 Å². The number of carboxylic acid groups (broad SMARTS) is 1. The number of rotatable bonds is 8. The number of nitrogens with one attached hydrogen (secondary N) is 1. The van der Waals surface area contributed by atoms with E-state index in [2.05, 4.69) is 15.4 Å². The smallest absolute Gasteiger partial charge is 0.407 e. The van der Waals surface area contributed by atoms with Gasteiger partial charge < -0.3 is 34.3 Å². The van der Waals surface area contributed by atoms with Crippen LogP contribution in [-0.4, -0.2) is 82.3 Å². The van der Waals surface area contributed by atoms with Gasteiger partial charge in [0, 0.05) is 31.2 Å². The Bertz CT molecular complexity index is 1530. The fourth-order valence-electron chi connectivity index (χ4n) is 5.08. The van der Waals surface area contributed by atoms with E-state index in [1.807, 2.05) is 0 Å². The van der Waals surface area contributed by atoms with E-state index in [0.717, 1.165) is 6.20 Å². The zero-order chi connectivity index (χ0) is 30.4. The highest BCUT2D eigenvalue weighted by Gasteiger charge is 2.43. The molecule has 0 bridgehead atoms. The maximum atomic E-state index is 14.9. The van der Waals surface area contributed by atoms with E-state index in [9.17, 15) is 27.9 Å². The molecule has 0 spiro atoms. The number of nitrogens with zero attached hydrogens (tertiary/aromatic N) is 4. The van der Waals surface area contributed by atoms with Gasteiger partial charge in [0.2, 0.25) is 0 Å². The Labute approximate surface area is 238 Å². The molecule has 2 N–H and O–H groups in total. The van der Waals surface area contributed by atoms with Gasteiger partial charge in [0.05, 0.1) is 25.5 Å². The van der Waals surface area contributed by atoms with Gasteiger partial charge in [0.25, 0.3) is 6.43 Å². The number of hydrogen-bond acceptors (Lipinski definition) is 9. The highest BCUT2D eigenvalue weighted by atomic mass is 19.3. The molecule has 2 aliphatic heterocycles. The lowest BCUT2D eigenvalue weighted by molar-refractivity contribution is 0.00115. The monoisotopic (exact) mass is 593 g/mol. The van der Waals surface area contributed by atoms with E-state index in [0.29, 0.717) is 5.56 Å². The molecule has 0 aliphatic carbocycles. The Morgan fingerprint density at radius 3 is 2.74 bits per heavy atom. The summed E-state index contributed by atoms with van der Waals surface area (Å²) in [5.41, 5.74) is -1.45. The molecular formula is C27H30F3N5O7. The third kappa shape index (κ3) is 5.73. The van der Waals surface area contributed by atoms with Gasteiger partial charge in [-0.3, -0.25) is 0 Å². The van der Waals surface area contributed by atoms with Crippen molar-refractivity contribution in [2.45, 2.75) is 57.4 Å². The van der Waals surface area contributed by atoms with Crippen molar-refractivity contribution in [1.82, 2.24) is 19.9 Å². The van der Waals surface area contributed by atoms with Gasteiger partial charge in [-0.15, -0.1) is 0 Å². The molecule has 2 aromatic heterocycles. The molecule has 0 fully saturated rings. The summed E-state index contributed by atoms with van der Waals surface area (Å²) in [5.74, 6) is -1.60. The molecule has 226 valence electrons. The number of benzene rings is 1. The molecule has 2 atom stereocenters. The van der Waals surface area contributed by atoms with Crippen LogP contribution in [0.1, 0.15) is 42.3 Å². The first-order valence-corrected chi connectivity index (χ1v) is 13.0. The molecule has 1 amide bonds. The number of methoxy groups -OCH3 is 1. The summed E-state index contributed by atoms with van der Waals surface area (Å²) in [4.78, 5) is 29.6. The largest absolute Gasteiger partial charge is 0.486 e. The van der Waals surface area contributed by atoms with Gasteiger partial charge in [-0.1, -0.05) is 0 Å². The maximum Gasteiger partial charge on any atom is 0.407 e. The molecule has 3 aromatic rings. The number of anilines is 1. The third-order valence-electron chi connectivity index (χ3n) is 6.78. The van der Waals surface area contributed by atoms with Crippen LogP contribution in [0.4, 0.5) is 23.8 Å². The number of aromatic nitrogens is 3. The molecule has 4 heterocycles. The minimum atomic E-state index is -2.88. The Kier molecular flexibility index (Phi) is 7.55. The summed E-state index contributed by atoms with van der Waals surface area (Å²) < 4.78 is 67.2. The van der Waals surface area contributed by atoms with Crippen molar-refractivity contribution in [1.29, 1.82) is 0 Å². The highest BCUT2D eigenvalue weighted by molar-refractivity contribution is 5.94. The fourth-order valence-corrected chi connectivity index (χ4v) is 5.08. The first-order valence-electron chi connectivity index (χ1n) is 13.0. The molecular weight excluding hydrogens is 563 g/mol. The molecule has 42 heavy (non-hydrogen) atoms. The quantitative estimate of drug-likeness (QED) is 0.400. The summed E-state index contributed by atoms with van der Waals surface area (Å²) in [6.45, 7) is 4.48. The Morgan fingerprint density at radius 1 is 1.31 bits per heavy atom. The third-order valence-corrected chi connectivity index (χ3v) is 6.78. The van der Waals surface area contributed by atoms with Crippen molar-refractivity contribution >= 4 is 23.5 Å². The first-order chi connectivity index (χ1) is 19.8. The molecule has 15 heteroatoms. The van der Waals surface area contributed by atoms with Crippen molar-refractivity contribution in [2.75, 3.05) is 31.8 Å². The Morgan fingerprint density at radius 2 is 2.07 bits per heavy atom. The van der Waals surface area contributed by atoms with Crippen molar-refractivity contribution < 1.29 is 46.8 Å². The van der Waals surface area contributed by atoms with Gasteiger partial charge >= 0.3 is 12.1 Å². The van der Waals surface area contributed by atoms with Crippen LogP contribution in [0.5, 0.6) is 11.5 Å².